The van der Waals surface area contributed by atoms with Crippen LogP contribution in [0.25, 0.3) is 11.6 Å². The Kier molecular flexibility index (Phi) is 4.17. The standard InChI is InChI=1S/C12H14N4O3/c1-3-8(12(17)18-4-2)11-15-10(16-19-11)9-13-6-5-7-14-9/h5-8H,3-4H2,1-2H3. The summed E-state index contributed by atoms with van der Waals surface area (Å²) in [6.07, 6.45) is 3.69. The number of aromatic nitrogens is 4. The van der Waals surface area contributed by atoms with Gasteiger partial charge in [-0.05, 0) is 19.4 Å². The number of rotatable bonds is 5. The van der Waals surface area contributed by atoms with Crippen molar-refractivity contribution in [2.45, 2.75) is 26.2 Å². The zero-order chi connectivity index (χ0) is 13.7. The van der Waals surface area contributed by atoms with Gasteiger partial charge in [-0.1, -0.05) is 12.1 Å². The zero-order valence-corrected chi connectivity index (χ0v) is 10.7. The maximum Gasteiger partial charge on any atom is 0.318 e. The highest BCUT2D eigenvalue weighted by atomic mass is 16.5. The molecule has 2 rings (SSSR count). The van der Waals surface area contributed by atoms with Gasteiger partial charge in [0.05, 0.1) is 6.61 Å². The second-order valence-electron chi connectivity index (χ2n) is 3.74. The van der Waals surface area contributed by atoms with Crippen LogP contribution in [0.5, 0.6) is 0 Å². The first-order valence-electron chi connectivity index (χ1n) is 6.03. The van der Waals surface area contributed by atoms with E-state index in [4.69, 9.17) is 9.26 Å². The molecule has 0 aliphatic heterocycles. The predicted molar refractivity (Wildman–Crippen MR) is 65.0 cm³/mol. The van der Waals surface area contributed by atoms with Crippen molar-refractivity contribution in [3.05, 3.63) is 24.4 Å². The lowest BCUT2D eigenvalue weighted by atomic mass is 10.1. The zero-order valence-electron chi connectivity index (χ0n) is 10.7. The summed E-state index contributed by atoms with van der Waals surface area (Å²) < 4.78 is 10.1. The quantitative estimate of drug-likeness (QED) is 0.755. The van der Waals surface area contributed by atoms with Crippen LogP contribution in [-0.2, 0) is 9.53 Å². The van der Waals surface area contributed by atoms with E-state index in [2.05, 4.69) is 20.1 Å². The third-order valence-corrected chi connectivity index (χ3v) is 2.48. The van der Waals surface area contributed by atoms with Crippen LogP contribution in [0.4, 0.5) is 0 Å². The van der Waals surface area contributed by atoms with E-state index >= 15 is 0 Å². The molecule has 7 heteroatoms. The van der Waals surface area contributed by atoms with E-state index in [0.717, 1.165) is 0 Å². The molecule has 0 N–H and O–H groups in total. The normalized spacial score (nSPS) is 12.1. The van der Waals surface area contributed by atoms with Gasteiger partial charge in [-0.3, -0.25) is 4.79 Å². The fraction of sp³-hybridized carbons (Fsp3) is 0.417. The molecule has 0 saturated heterocycles. The van der Waals surface area contributed by atoms with E-state index in [1.807, 2.05) is 6.92 Å². The fourth-order valence-corrected chi connectivity index (χ4v) is 1.57. The first kappa shape index (κ1) is 13.1. The summed E-state index contributed by atoms with van der Waals surface area (Å²) in [5.74, 6) is -0.0722. The molecule has 0 fully saturated rings. The number of esters is 1. The molecule has 0 aliphatic rings. The summed E-state index contributed by atoms with van der Waals surface area (Å²) in [5, 5.41) is 3.78. The van der Waals surface area contributed by atoms with Crippen LogP contribution in [0.3, 0.4) is 0 Å². The molecule has 1 atom stereocenters. The van der Waals surface area contributed by atoms with Crippen molar-refractivity contribution in [1.29, 1.82) is 0 Å². The molecular formula is C12H14N4O3. The number of hydrogen-bond acceptors (Lipinski definition) is 7. The van der Waals surface area contributed by atoms with E-state index in [0.29, 0.717) is 18.9 Å². The summed E-state index contributed by atoms with van der Waals surface area (Å²) in [4.78, 5) is 23.9. The van der Waals surface area contributed by atoms with E-state index in [-0.39, 0.29) is 17.7 Å². The Hall–Kier alpha value is -2.31. The van der Waals surface area contributed by atoms with Crippen LogP contribution in [-0.4, -0.2) is 32.7 Å². The monoisotopic (exact) mass is 262 g/mol. The summed E-state index contributed by atoms with van der Waals surface area (Å²) in [6, 6.07) is 1.69. The molecule has 100 valence electrons. The second kappa shape index (κ2) is 6.03. The van der Waals surface area contributed by atoms with Crippen molar-refractivity contribution >= 4 is 5.97 Å². The predicted octanol–water partition coefficient (Wildman–Crippen LogP) is 1.58. The molecule has 19 heavy (non-hydrogen) atoms. The summed E-state index contributed by atoms with van der Waals surface area (Å²) >= 11 is 0. The van der Waals surface area contributed by atoms with Gasteiger partial charge in [0.25, 0.3) is 0 Å². The Bertz CT molecular complexity index is 541. The molecule has 1 unspecified atom stereocenters. The van der Waals surface area contributed by atoms with Gasteiger partial charge in [0.15, 0.2) is 0 Å². The van der Waals surface area contributed by atoms with Crippen LogP contribution in [0, 0.1) is 0 Å². The molecule has 2 heterocycles. The number of ether oxygens (including phenoxy) is 1. The Morgan fingerprint density at radius 3 is 2.68 bits per heavy atom. The Labute approximate surface area is 110 Å². The van der Waals surface area contributed by atoms with Gasteiger partial charge in [0, 0.05) is 12.4 Å². The Morgan fingerprint density at radius 2 is 2.05 bits per heavy atom. The third-order valence-electron chi connectivity index (χ3n) is 2.48. The minimum Gasteiger partial charge on any atom is -0.465 e. The van der Waals surface area contributed by atoms with E-state index in [1.165, 1.54) is 0 Å². The van der Waals surface area contributed by atoms with Crippen LogP contribution in [0.2, 0.25) is 0 Å². The summed E-state index contributed by atoms with van der Waals surface area (Å²) in [6.45, 7) is 3.92. The van der Waals surface area contributed by atoms with Crippen LogP contribution in [0.1, 0.15) is 32.1 Å². The largest absolute Gasteiger partial charge is 0.465 e. The first-order chi connectivity index (χ1) is 9.26. The summed E-state index contributed by atoms with van der Waals surface area (Å²) in [5.41, 5.74) is 0. The lowest BCUT2D eigenvalue weighted by molar-refractivity contribution is -0.145. The minimum atomic E-state index is -0.551. The average molecular weight is 262 g/mol. The fourth-order valence-electron chi connectivity index (χ4n) is 1.57. The highest BCUT2D eigenvalue weighted by molar-refractivity contribution is 5.76. The van der Waals surface area contributed by atoms with Gasteiger partial charge in [-0.15, -0.1) is 0 Å². The van der Waals surface area contributed by atoms with Crippen molar-refractivity contribution in [2.24, 2.45) is 0 Å². The van der Waals surface area contributed by atoms with Crippen molar-refractivity contribution in [3.63, 3.8) is 0 Å². The lowest BCUT2D eigenvalue weighted by Crippen LogP contribution is -2.15. The molecule has 0 bridgehead atoms. The Morgan fingerprint density at radius 1 is 1.32 bits per heavy atom. The van der Waals surface area contributed by atoms with E-state index in [9.17, 15) is 4.79 Å². The Balaban J connectivity index is 2.22. The van der Waals surface area contributed by atoms with Crippen molar-refractivity contribution in [2.75, 3.05) is 6.61 Å². The van der Waals surface area contributed by atoms with Gasteiger partial charge in [-0.2, -0.15) is 4.98 Å². The lowest BCUT2D eigenvalue weighted by Gasteiger charge is -2.08. The second-order valence-corrected chi connectivity index (χ2v) is 3.74. The number of nitrogens with zero attached hydrogens (tertiary/aromatic N) is 4. The molecule has 2 aromatic heterocycles. The van der Waals surface area contributed by atoms with E-state index < -0.39 is 5.92 Å². The van der Waals surface area contributed by atoms with Crippen molar-refractivity contribution in [3.8, 4) is 11.6 Å². The topological polar surface area (TPSA) is 91.0 Å². The summed E-state index contributed by atoms with van der Waals surface area (Å²) in [7, 11) is 0. The molecule has 0 radical (unpaired) electrons. The first-order valence-corrected chi connectivity index (χ1v) is 6.03. The van der Waals surface area contributed by atoms with Gasteiger partial charge in [-0.25, -0.2) is 9.97 Å². The molecule has 2 aromatic rings. The van der Waals surface area contributed by atoms with Crippen molar-refractivity contribution < 1.29 is 14.1 Å². The van der Waals surface area contributed by atoms with Crippen LogP contribution in [0.15, 0.2) is 23.0 Å². The maximum atomic E-state index is 11.7. The molecule has 0 amide bonds. The van der Waals surface area contributed by atoms with Gasteiger partial charge in [0.1, 0.15) is 5.92 Å². The average Bonchev–Trinajstić information content (AvgIpc) is 2.90. The molecule has 0 aromatic carbocycles. The molecule has 0 spiro atoms. The molecule has 0 saturated carbocycles. The SMILES string of the molecule is CCOC(=O)C(CC)c1nc(-c2ncccn2)no1. The highest BCUT2D eigenvalue weighted by Gasteiger charge is 2.26. The minimum absolute atomic E-state index is 0.225. The third kappa shape index (κ3) is 2.93. The smallest absolute Gasteiger partial charge is 0.318 e. The molecule has 0 aliphatic carbocycles. The van der Waals surface area contributed by atoms with Gasteiger partial charge in [0.2, 0.25) is 17.5 Å². The molecular weight excluding hydrogens is 248 g/mol. The van der Waals surface area contributed by atoms with Crippen LogP contribution >= 0.6 is 0 Å². The van der Waals surface area contributed by atoms with Crippen molar-refractivity contribution in [1.82, 2.24) is 20.1 Å². The van der Waals surface area contributed by atoms with Gasteiger partial charge < -0.3 is 9.26 Å². The van der Waals surface area contributed by atoms with Crippen LogP contribution < -0.4 is 0 Å². The maximum absolute atomic E-state index is 11.7. The number of carbonyl (C=O) groups excluding carboxylic acids is 1. The van der Waals surface area contributed by atoms with Gasteiger partial charge >= 0.3 is 5.97 Å². The molecule has 7 nitrogen and oxygen atoms in total. The number of carbonyl (C=O) groups is 1. The number of hydrogen-bond donors (Lipinski definition) is 0. The van der Waals surface area contributed by atoms with E-state index in [1.54, 1.807) is 25.4 Å². The highest BCUT2D eigenvalue weighted by Crippen LogP contribution is 2.21.